The Morgan fingerprint density at radius 1 is 0.931 bits per heavy atom. The van der Waals surface area contributed by atoms with Crippen LogP contribution in [-0.4, -0.2) is 39.6 Å². The smallest absolute Gasteiger partial charge is 0.209 e. The summed E-state index contributed by atoms with van der Waals surface area (Å²) in [6.45, 7) is 0. The van der Waals surface area contributed by atoms with Gasteiger partial charge in [0, 0.05) is 22.2 Å². The molecule has 0 radical (unpaired) electrons. The van der Waals surface area contributed by atoms with Gasteiger partial charge in [-0.25, -0.2) is 9.98 Å². The molecule has 7 heteroatoms. The van der Waals surface area contributed by atoms with Crippen molar-refractivity contribution in [3.63, 3.8) is 0 Å². The number of methoxy groups -OCH3 is 4. The molecule has 1 aliphatic carbocycles. The standard InChI is InChI=1S/C22H22N2O4S/c1-25-15-7-5-14-6-8-19-20(16(14)11-15)24-22(29-19)23-12-13-9-17(26-2)21(28-4)18(10-13)27-3/h5,7,9-12H,6,8H2,1-4H3. The highest BCUT2D eigenvalue weighted by molar-refractivity contribution is 7.15. The minimum Gasteiger partial charge on any atom is -0.497 e. The second-order valence-corrected chi connectivity index (χ2v) is 7.57. The molecule has 1 aliphatic rings. The Bertz CT molecular complexity index is 1050. The van der Waals surface area contributed by atoms with Crippen LogP contribution in [0.2, 0.25) is 0 Å². The third-order valence-corrected chi connectivity index (χ3v) is 5.91. The number of aromatic nitrogens is 1. The summed E-state index contributed by atoms with van der Waals surface area (Å²) in [5.41, 5.74) is 4.28. The van der Waals surface area contributed by atoms with Gasteiger partial charge in [-0.3, -0.25) is 0 Å². The molecule has 1 heterocycles. The van der Waals surface area contributed by atoms with Crippen LogP contribution in [0.5, 0.6) is 23.0 Å². The van der Waals surface area contributed by atoms with Crippen LogP contribution in [-0.2, 0) is 12.8 Å². The molecule has 0 bridgehead atoms. The summed E-state index contributed by atoms with van der Waals surface area (Å²) in [6, 6.07) is 9.89. The third kappa shape index (κ3) is 3.65. The molecule has 0 aliphatic heterocycles. The number of aryl methyl sites for hydroxylation is 2. The predicted molar refractivity (Wildman–Crippen MR) is 115 cm³/mol. The molecule has 4 rings (SSSR count). The van der Waals surface area contributed by atoms with Crippen molar-refractivity contribution < 1.29 is 18.9 Å². The van der Waals surface area contributed by atoms with E-state index in [9.17, 15) is 0 Å². The van der Waals surface area contributed by atoms with Gasteiger partial charge in [-0.15, -0.1) is 0 Å². The lowest BCUT2D eigenvalue weighted by Crippen LogP contribution is -2.02. The van der Waals surface area contributed by atoms with Crippen molar-refractivity contribution in [3.8, 4) is 34.3 Å². The molecule has 3 aromatic rings. The number of thiazole rings is 1. The lowest BCUT2D eigenvalue weighted by Gasteiger charge is -2.15. The molecule has 0 amide bonds. The van der Waals surface area contributed by atoms with Crippen LogP contribution in [0.1, 0.15) is 16.0 Å². The summed E-state index contributed by atoms with van der Waals surface area (Å²) < 4.78 is 21.6. The second-order valence-electron chi connectivity index (χ2n) is 6.51. The van der Waals surface area contributed by atoms with Crippen LogP contribution in [0.4, 0.5) is 5.13 Å². The fourth-order valence-electron chi connectivity index (χ4n) is 3.45. The molecule has 0 saturated carbocycles. The first-order valence-corrected chi connectivity index (χ1v) is 9.99. The van der Waals surface area contributed by atoms with E-state index in [0.29, 0.717) is 17.2 Å². The van der Waals surface area contributed by atoms with E-state index in [1.807, 2.05) is 18.2 Å². The van der Waals surface area contributed by atoms with Gasteiger partial charge in [0.1, 0.15) is 5.75 Å². The quantitative estimate of drug-likeness (QED) is 0.552. The van der Waals surface area contributed by atoms with E-state index in [1.54, 1.807) is 46.0 Å². The Labute approximate surface area is 173 Å². The first-order chi connectivity index (χ1) is 14.2. The van der Waals surface area contributed by atoms with Gasteiger partial charge in [0.05, 0.1) is 34.1 Å². The molecule has 0 saturated heterocycles. The number of nitrogens with zero attached hydrogens (tertiary/aromatic N) is 2. The molecule has 2 aromatic carbocycles. The minimum absolute atomic E-state index is 0.558. The zero-order chi connectivity index (χ0) is 20.4. The normalized spacial score (nSPS) is 12.4. The summed E-state index contributed by atoms with van der Waals surface area (Å²) in [7, 11) is 6.46. The molecular weight excluding hydrogens is 388 g/mol. The molecule has 0 atom stereocenters. The van der Waals surface area contributed by atoms with Crippen LogP contribution in [0.3, 0.4) is 0 Å². The van der Waals surface area contributed by atoms with Gasteiger partial charge >= 0.3 is 0 Å². The number of fused-ring (bicyclic) bond motifs is 3. The largest absolute Gasteiger partial charge is 0.497 e. The monoisotopic (exact) mass is 410 g/mol. The summed E-state index contributed by atoms with van der Waals surface area (Å²) in [6.07, 6.45) is 3.75. The first-order valence-electron chi connectivity index (χ1n) is 9.18. The molecule has 0 N–H and O–H groups in total. The van der Waals surface area contributed by atoms with E-state index in [2.05, 4.69) is 17.1 Å². The van der Waals surface area contributed by atoms with Crippen molar-refractivity contribution in [2.75, 3.05) is 28.4 Å². The number of benzene rings is 2. The van der Waals surface area contributed by atoms with Crippen LogP contribution < -0.4 is 18.9 Å². The van der Waals surface area contributed by atoms with Gasteiger partial charge < -0.3 is 18.9 Å². The Balaban J connectivity index is 1.67. The number of aliphatic imine (C=N–C) groups is 1. The lowest BCUT2D eigenvalue weighted by molar-refractivity contribution is 0.324. The lowest BCUT2D eigenvalue weighted by atomic mass is 9.93. The molecular formula is C22H22N2O4S. The topological polar surface area (TPSA) is 62.2 Å². The number of ether oxygens (including phenoxy) is 4. The molecule has 0 spiro atoms. The van der Waals surface area contributed by atoms with Gasteiger partial charge in [-0.1, -0.05) is 17.4 Å². The van der Waals surface area contributed by atoms with Crippen molar-refractivity contribution in [3.05, 3.63) is 46.3 Å². The van der Waals surface area contributed by atoms with Crippen molar-refractivity contribution in [2.24, 2.45) is 4.99 Å². The Hall–Kier alpha value is -3.06. The maximum absolute atomic E-state index is 5.41. The average molecular weight is 410 g/mol. The van der Waals surface area contributed by atoms with Crippen LogP contribution in [0.15, 0.2) is 35.3 Å². The number of hydrogen-bond donors (Lipinski definition) is 0. The average Bonchev–Trinajstić information content (AvgIpc) is 3.20. The van der Waals surface area contributed by atoms with Gasteiger partial charge in [0.25, 0.3) is 0 Å². The zero-order valence-electron chi connectivity index (χ0n) is 16.8. The highest BCUT2D eigenvalue weighted by Gasteiger charge is 2.21. The first kappa shape index (κ1) is 19.3. The van der Waals surface area contributed by atoms with Crippen LogP contribution >= 0.6 is 11.3 Å². The van der Waals surface area contributed by atoms with Gasteiger partial charge in [-0.2, -0.15) is 0 Å². The summed E-state index contributed by atoms with van der Waals surface area (Å²) in [4.78, 5) is 10.6. The van der Waals surface area contributed by atoms with Crippen molar-refractivity contribution in [2.45, 2.75) is 12.8 Å². The van der Waals surface area contributed by atoms with Crippen LogP contribution in [0.25, 0.3) is 11.3 Å². The summed E-state index contributed by atoms with van der Waals surface area (Å²) >= 11 is 1.62. The van der Waals surface area contributed by atoms with Crippen molar-refractivity contribution >= 4 is 22.7 Å². The maximum atomic E-state index is 5.41. The molecule has 1 aromatic heterocycles. The Morgan fingerprint density at radius 3 is 2.34 bits per heavy atom. The Morgan fingerprint density at radius 2 is 1.69 bits per heavy atom. The van der Waals surface area contributed by atoms with E-state index in [1.165, 1.54) is 10.4 Å². The SMILES string of the molecule is COc1ccc2c(c1)-c1nc(N=Cc3cc(OC)c(OC)c(OC)c3)sc1CC2. The minimum atomic E-state index is 0.558. The molecule has 150 valence electrons. The van der Waals surface area contributed by atoms with E-state index in [-0.39, 0.29) is 0 Å². The highest BCUT2D eigenvalue weighted by Crippen LogP contribution is 2.41. The number of hydrogen-bond acceptors (Lipinski definition) is 7. The third-order valence-electron chi connectivity index (χ3n) is 4.89. The van der Waals surface area contributed by atoms with Gasteiger partial charge in [0.2, 0.25) is 10.9 Å². The van der Waals surface area contributed by atoms with Gasteiger partial charge in [-0.05, 0) is 42.7 Å². The second kappa shape index (κ2) is 8.13. The van der Waals surface area contributed by atoms with Gasteiger partial charge in [0.15, 0.2) is 11.5 Å². The molecule has 0 unspecified atom stereocenters. The summed E-state index contributed by atoms with van der Waals surface area (Å²) in [5.74, 6) is 2.58. The molecule has 29 heavy (non-hydrogen) atoms. The van der Waals surface area contributed by atoms with E-state index in [4.69, 9.17) is 23.9 Å². The molecule has 0 fully saturated rings. The van der Waals surface area contributed by atoms with E-state index in [0.717, 1.165) is 40.5 Å². The number of rotatable bonds is 6. The van der Waals surface area contributed by atoms with Crippen LogP contribution in [0, 0.1) is 0 Å². The zero-order valence-corrected chi connectivity index (χ0v) is 17.6. The maximum Gasteiger partial charge on any atom is 0.209 e. The van der Waals surface area contributed by atoms with Crippen molar-refractivity contribution in [1.29, 1.82) is 0 Å². The fraction of sp³-hybridized carbons (Fsp3) is 0.273. The predicted octanol–water partition coefficient (Wildman–Crippen LogP) is 4.69. The fourth-order valence-corrected chi connectivity index (χ4v) is 4.37. The van der Waals surface area contributed by atoms with E-state index >= 15 is 0 Å². The molecule has 6 nitrogen and oxygen atoms in total. The van der Waals surface area contributed by atoms with Crippen molar-refractivity contribution in [1.82, 2.24) is 4.98 Å². The highest BCUT2D eigenvalue weighted by atomic mass is 32.1. The Kier molecular flexibility index (Phi) is 5.40. The van der Waals surface area contributed by atoms with E-state index < -0.39 is 0 Å². The summed E-state index contributed by atoms with van der Waals surface area (Å²) in [5, 5.41) is 0.722.